The summed E-state index contributed by atoms with van der Waals surface area (Å²) >= 11 is -2.07. The van der Waals surface area contributed by atoms with Gasteiger partial charge in [0, 0.05) is 42.7 Å². The van der Waals surface area contributed by atoms with Crippen molar-refractivity contribution >= 4 is 57.3 Å². The van der Waals surface area contributed by atoms with Crippen molar-refractivity contribution in [3.05, 3.63) is 39.3 Å². The Balaban J connectivity index is 1.44. The smallest absolute Gasteiger partial charge is 0.350 e. The Bertz CT molecular complexity index is 1490. The van der Waals surface area contributed by atoms with Crippen molar-refractivity contribution in [3.63, 3.8) is 0 Å². The number of H-pyrrole nitrogens is 1. The monoisotopic (exact) mass is 611 g/mol. The van der Waals surface area contributed by atoms with Gasteiger partial charge in [-0.15, -0.1) is 11.3 Å². The Kier molecular flexibility index (Phi) is 8.54. The number of aliphatic carboxylic acids is 1. The maximum Gasteiger partial charge on any atom is 0.350 e. The molecule has 0 bridgehead atoms. The lowest BCUT2D eigenvalue weighted by atomic mass is 9.80. The number of carboxylic acid groups (broad SMARTS) is 1. The first-order valence-corrected chi connectivity index (χ1v) is 13.7. The number of aromatic hydroxyl groups is 1. The lowest BCUT2D eigenvalue weighted by Gasteiger charge is -2.47. The van der Waals surface area contributed by atoms with Gasteiger partial charge in [-0.3, -0.25) is 22.9 Å². The molecule has 18 nitrogen and oxygen atoms in total. The second-order valence-electron chi connectivity index (χ2n) is 8.93. The number of pyridine rings is 1. The summed E-state index contributed by atoms with van der Waals surface area (Å²) in [5.74, 6) is -3.81. The number of aromatic nitrogens is 2. The molecule has 2 fully saturated rings. The average Bonchev–Trinajstić information content (AvgIpc) is 3.31. The van der Waals surface area contributed by atoms with E-state index in [4.69, 9.17) is 10.6 Å². The van der Waals surface area contributed by atoms with Crippen LogP contribution in [0.3, 0.4) is 0 Å². The molecular formula is C21H23N8O10S2-. The van der Waals surface area contributed by atoms with Gasteiger partial charge in [0.2, 0.25) is 11.0 Å². The number of urea groups is 1. The minimum absolute atomic E-state index is 0.0641. The Morgan fingerprint density at radius 2 is 2.07 bits per heavy atom. The van der Waals surface area contributed by atoms with Gasteiger partial charge in [-0.25, -0.2) is 14.6 Å². The third kappa shape index (κ3) is 6.28. The molecule has 3 atom stereocenters. The van der Waals surface area contributed by atoms with Crippen LogP contribution in [0.2, 0.25) is 0 Å². The first-order valence-electron chi connectivity index (χ1n) is 11.8. The van der Waals surface area contributed by atoms with Crippen molar-refractivity contribution in [3.8, 4) is 5.75 Å². The van der Waals surface area contributed by atoms with Crippen LogP contribution in [-0.2, 0) is 37.0 Å². The van der Waals surface area contributed by atoms with Gasteiger partial charge >= 0.3 is 12.0 Å². The van der Waals surface area contributed by atoms with E-state index in [9.17, 15) is 42.9 Å². The summed E-state index contributed by atoms with van der Waals surface area (Å²) in [6, 6.07) is -2.39. The number of nitrogens with two attached hydrogens (primary N) is 1. The van der Waals surface area contributed by atoms with E-state index < -0.39 is 76.2 Å². The number of anilines is 1. The molecule has 2 aromatic heterocycles. The van der Waals surface area contributed by atoms with Crippen LogP contribution < -0.4 is 27.1 Å². The lowest BCUT2D eigenvalue weighted by molar-refractivity contribution is -0.178. The quantitative estimate of drug-likeness (QED) is 0.0619. The molecule has 0 aromatic carbocycles. The number of hydrogen-bond acceptors (Lipinski definition) is 13. The third-order valence-corrected chi connectivity index (χ3v) is 7.77. The molecular weight excluding hydrogens is 588 g/mol. The largest absolute Gasteiger partial charge is 0.755 e. The summed E-state index contributed by atoms with van der Waals surface area (Å²) in [6.45, 7) is -0.575. The molecule has 220 valence electrons. The number of nitrogens with one attached hydrogen (secondary N) is 4. The summed E-state index contributed by atoms with van der Waals surface area (Å²) in [5, 5.41) is 31.0. The van der Waals surface area contributed by atoms with Gasteiger partial charge in [0.15, 0.2) is 16.6 Å². The number of nitrogen functional groups attached to an aromatic ring is 1. The molecule has 0 spiro atoms. The van der Waals surface area contributed by atoms with Crippen molar-refractivity contribution in [1.82, 2.24) is 30.2 Å². The van der Waals surface area contributed by atoms with Crippen molar-refractivity contribution < 1.29 is 43.0 Å². The Morgan fingerprint density at radius 1 is 1.34 bits per heavy atom. The van der Waals surface area contributed by atoms with E-state index in [0.717, 1.165) is 23.6 Å². The van der Waals surface area contributed by atoms with Gasteiger partial charge < -0.3 is 46.3 Å². The maximum atomic E-state index is 13.1. The van der Waals surface area contributed by atoms with Gasteiger partial charge in [0.1, 0.15) is 11.7 Å². The van der Waals surface area contributed by atoms with Gasteiger partial charge in [0.25, 0.3) is 11.8 Å². The summed E-state index contributed by atoms with van der Waals surface area (Å²) in [5.41, 5.74) is 3.06. The molecule has 1 saturated heterocycles. The van der Waals surface area contributed by atoms with Crippen LogP contribution in [0, 0.1) is 0 Å². The molecule has 4 amide bonds. The van der Waals surface area contributed by atoms with Crippen LogP contribution in [0.15, 0.2) is 27.6 Å². The second-order valence-corrected chi connectivity index (χ2v) is 10.6. The van der Waals surface area contributed by atoms with E-state index >= 15 is 0 Å². The predicted octanol–water partition coefficient (Wildman–Crippen LogP) is -2.16. The maximum absolute atomic E-state index is 13.1. The van der Waals surface area contributed by atoms with Gasteiger partial charge in [0.05, 0.1) is 23.9 Å². The molecule has 2 aliphatic rings. The van der Waals surface area contributed by atoms with Crippen molar-refractivity contribution in [2.75, 3.05) is 12.3 Å². The number of aromatic amines is 1. The number of rotatable bonds is 11. The van der Waals surface area contributed by atoms with Crippen LogP contribution >= 0.6 is 11.3 Å². The van der Waals surface area contributed by atoms with E-state index in [-0.39, 0.29) is 35.9 Å². The van der Waals surface area contributed by atoms with Gasteiger partial charge in [-0.2, -0.15) is 0 Å². The minimum atomic E-state index is -3.03. The number of thiazole rings is 1. The fraction of sp³-hybridized carbons (Fsp3) is 0.381. The molecule has 3 unspecified atom stereocenters. The number of amides is 4. The van der Waals surface area contributed by atoms with Crippen molar-refractivity contribution in [2.45, 2.75) is 43.5 Å². The number of carbonyl (C=O) groups excluding carboxylic acids is 3. The SMILES string of the molecule is Nc1nc(C(=NOC2(C(=O)O)CCC2)C(=O)NC2C(=O)N(S(=O)[O-])C2CNC(=O)NCc2cc(=O)c(O)c[nH]2)cs1. The number of carbonyl (C=O) groups is 4. The van der Waals surface area contributed by atoms with Crippen LogP contribution in [0.4, 0.5) is 9.93 Å². The highest BCUT2D eigenvalue weighted by molar-refractivity contribution is 7.77. The van der Waals surface area contributed by atoms with Crippen molar-refractivity contribution in [1.29, 1.82) is 0 Å². The topological polar surface area (TPSA) is 282 Å². The second kappa shape index (κ2) is 11.9. The molecule has 3 heterocycles. The van der Waals surface area contributed by atoms with Crippen LogP contribution in [0.5, 0.6) is 5.75 Å². The fourth-order valence-corrected chi connectivity index (χ4v) is 5.12. The number of β-lactam (4-membered cyclic amide) rings is 1. The number of nitrogens with zero attached hydrogens (tertiary/aromatic N) is 3. The Labute approximate surface area is 236 Å². The van der Waals surface area contributed by atoms with E-state index in [2.05, 4.69) is 31.1 Å². The highest BCUT2D eigenvalue weighted by Gasteiger charge is 2.50. The average molecular weight is 612 g/mol. The molecule has 20 heteroatoms. The summed E-state index contributed by atoms with van der Waals surface area (Å²) in [7, 11) is 0. The summed E-state index contributed by atoms with van der Waals surface area (Å²) in [6.07, 6.45) is 1.93. The van der Waals surface area contributed by atoms with Crippen LogP contribution in [0.1, 0.15) is 30.7 Å². The zero-order chi connectivity index (χ0) is 29.9. The van der Waals surface area contributed by atoms with E-state index in [1.165, 1.54) is 5.38 Å². The molecule has 2 aromatic rings. The van der Waals surface area contributed by atoms with Crippen LogP contribution in [-0.4, -0.2) is 87.0 Å². The highest BCUT2D eigenvalue weighted by atomic mass is 32.2. The number of oxime groups is 1. The fourth-order valence-electron chi connectivity index (χ4n) is 3.89. The van der Waals surface area contributed by atoms with Gasteiger partial charge in [-0.1, -0.05) is 5.16 Å². The zero-order valence-corrected chi connectivity index (χ0v) is 22.5. The van der Waals surface area contributed by atoms with E-state index in [1.807, 2.05) is 0 Å². The highest BCUT2D eigenvalue weighted by Crippen LogP contribution is 2.36. The third-order valence-electron chi connectivity index (χ3n) is 6.32. The number of carboxylic acids is 1. The van der Waals surface area contributed by atoms with E-state index in [1.54, 1.807) is 0 Å². The molecule has 1 saturated carbocycles. The Morgan fingerprint density at radius 3 is 2.63 bits per heavy atom. The molecule has 8 N–H and O–H groups in total. The molecule has 41 heavy (non-hydrogen) atoms. The normalized spacial score (nSPS) is 20.3. The first-order chi connectivity index (χ1) is 19.4. The first kappa shape index (κ1) is 29.4. The van der Waals surface area contributed by atoms with Crippen molar-refractivity contribution in [2.24, 2.45) is 5.16 Å². The van der Waals surface area contributed by atoms with E-state index in [0.29, 0.717) is 10.7 Å². The minimum Gasteiger partial charge on any atom is -0.755 e. The molecule has 0 radical (unpaired) electrons. The predicted molar refractivity (Wildman–Crippen MR) is 139 cm³/mol. The Hall–Kier alpha value is -4.56. The summed E-state index contributed by atoms with van der Waals surface area (Å²) in [4.78, 5) is 72.8. The number of hydrogen-bond donors (Lipinski definition) is 7. The lowest BCUT2D eigenvalue weighted by Crippen LogP contribution is -2.74. The van der Waals surface area contributed by atoms with Crippen LogP contribution in [0.25, 0.3) is 0 Å². The molecule has 4 rings (SSSR count). The zero-order valence-electron chi connectivity index (χ0n) is 20.8. The molecule has 1 aliphatic heterocycles. The summed E-state index contributed by atoms with van der Waals surface area (Å²) < 4.78 is 23.6. The van der Waals surface area contributed by atoms with Gasteiger partial charge in [-0.05, 0) is 6.42 Å². The molecule has 1 aliphatic carbocycles. The standard InChI is InChI=1S/C21H24N8O10S2/c22-19-26-10(8-40-19)14(28-39-21(18(34)35)2-1-3-21)16(32)27-15-11(29(17(15)33)41(37)38)6-25-20(36)24-5-9-4-12(30)13(31)7-23-9/h4,7-8,11,15,31H,1-3,5-6H2,(H2,22,26)(H,23,30)(H,27,32)(H,34,35)(H,37,38)(H2,24,25,36)/p-1.